The van der Waals surface area contributed by atoms with Gasteiger partial charge in [-0.2, -0.15) is 5.26 Å². The van der Waals surface area contributed by atoms with Crippen LogP contribution in [0.3, 0.4) is 0 Å². The maximum absolute atomic E-state index is 12.5. The molecule has 2 rings (SSSR count). The van der Waals surface area contributed by atoms with Gasteiger partial charge in [0.05, 0.1) is 11.3 Å². The van der Waals surface area contributed by atoms with Gasteiger partial charge in [-0.1, -0.05) is 18.2 Å². The average Bonchev–Trinajstić information content (AvgIpc) is 2.43. The average molecular weight is 365 g/mol. The van der Waals surface area contributed by atoms with Gasteiger partial charge in [0.25, 0.3) is 10.0 Å². The smallest absolute Gasteiger partial charge is 0.263 e. The van der Waals surface area contributed by atoms with Crippen molar-refractivity contribution in [3.05, 3.63) is 57.6 Å². The van der Waals surface area contributed by atoms with E-state index >= 15 is 0 Å². The highest BCUT2D eigenvalue weighted by atomic mass is 79.9. The molecular formula is C15H13BrN2O2S. The molecule has 0 aliphatic heterocycles. The van der Waals surface area contributed by atoms with Gasteiger partial charge in [-0.25, -0.2) is 8.42 Å². The molecule has 0 aliphatic carbocycles. The Balaban J connectivity index is 2.51. The van der Waals surface area contributed by atoms with E-state index in [9.17, 15) is 8.42 Å². The number of nitrogens with zero attached hydrogens (tertiary/aromatic N) is 1. The maximum Gasteiger partial charge on any atom is 0.263 e. The number of rotatable bonds is 3. The molecule has 0 fully saturated rings. The van der Waals surface area contributed by atoms with E-state index in [0.29, 0.717) is 10.2 Å². The zero-order valence-corrected chi connectivity index (χ0v) is 13.9. The Hall–Kier alpha value is -1.84. The van der Waals surface area contributed by atoms with Crippen molar-refractivity contribution in [2.24, 2.45) is 0 Å². The lowest BCUT2D eigenvalue weighted by Crippen LogP contribution is -2.15. The number of sulfonamides is 1. The molecule has 1 N–H and O–H groups in total. The summed E-state index contributed by atoms with van der Waals surface area (Å²) in [7, 11) is -3.82. The number of nitrogens with one attached hydrogen (secondary N) is 1. The van der Waals surface area contributed by atoms with Gasteiger partial charge in [0.2, 0.25) is 0 Å². The van der Waals surface area contributed by atoms with Gasteiger partial charge >= 0.3 is 0 Å². The van der Waals surface area contributed by atoms with Gasteiger partial charge in [0, 0.05) is 4.47 Å². The summed E-state index contributed by atoms with van der Waals surface area (Å²) in [5, 5.41) is 9.04. The van der Waals surface area contributed by atoms with Crippen LogP contribution in [-0.4, -0.2) is 8.42 Å². The van der Waals surface area contributed by atoms with Crippen LogP contribution in [0.4, 0.5) is 5.69 Å². The van der Waals surface area contributed by atoms with Crippen LogP contribution in [0.5, 0.6) is 0 Å². The number of nitriles is 1. The van der Waals surface area contributed by atoms with Gasteiger partial charge in [0.1, 0.15) is 11.0 Å². The van der Waals surface area contributed by atoms with Crippen LogP contribution >= 0.6 is 15.9 Å². The first-order chi connectivity index (χ1) is 9.85. The summed E-state index contributed by atoms with van der Waals surface area (Å²) in [4.78, 5) is -0.0284. The molecule has 4 nitrogen and oxygen atoms in total. The third-order valence-corrected chi connectivity index (χ3v) is 5.00. The molecular weight excluding hydrogens is 352 g/mol. The van der Waals surface area contributed by atoms with Crippen LogP contribution in [0.25, 0.3) is 0 Å². The molecule has 0 radical (unpaired) electrons. The number of hydrogen-bond acceptors (Lipinski definition) is 3. The first kappa shape index (κ1) is 15.5. The quantitative estimate of drug-likeness (QED) is 0.901. The summed E-state index contributed by atoms with van der Waals surface area (Å²) in [6.07, 6.45) is 0. The fraction of sp³-hybridized carbons (Fsp3) is 0.133. The predicted molar refractivity (Wildman–Crippen MR) is 85.6 cm³/mol. The lowest BCUT2D eigenvalue weighted by Gasteiger charge is -2.14. The van der Waals surface area contributed by atoms with E-state index in [0.717, 1.165) is 11.1 Å². The third kappa shape index (κ3) is 3.26. The van der Waals surface area contributed by atoms with E-state index in [4.69, 9.17) is 5.26 Å². The van der Waals surface area contributed by atoms with Gasteiger partial charge in [-0.3, -0.25) is 4.72 Å². The Morgan fingerprint density at radius 2 is 1.86 bits per heavy atom. The molecule has 108 valence electrons. The van der Waals surface area contributed by atoms with E-state index in [1.165, 1.54) is 12.1 Å². The molecule has 0 unspecified atom stereocenters. The molecule has 21 heavy (non-hydrogen) atoms. The first-order valence-corrected chi connectivity index (χ1v) is 8.41. The molecule has 2 aromatic rings. The second-order valence-corrected chi connectivity index (χ2v) is 7.16. The maximum atomic E-state index is 12.5. The minimum atomic E-state index is -3.82. The number of aryl methyl sites for hydroxylation is 2. The summed E-state index contributed by atoms with van der Waals surface area (Å²) < 4.78 is 28.2. The first-order valence-electron chi connectivity index (χ1n) is 6.14. The van der Waals surface area contributed by atoms with E-state index < -0.39 is 10.0 Å². The molecule has 2 aromatic carbocycles. The largest absolute Gasteiger partial charge is 0.278 e. The van der Waals surface area contributed by atoms with Crippen LogP contribution < -0.4 is 4.72 Å². The lowest BCUT2D eigenvalue weighted by molar-refractivity contribution is 0.601. The van der Waals surface area contributed by atoms with E-state index in [1.807, 2.05) is 32.0 Å². The summed E-state index contributed by atoms with van der Waals surface area (Å²) in [6.45, 7) is 3.76. The Bertz CT molecular complexity index is 816. The Morgan fingerprint density at radius 3 is 2.48 bits per heavy atom. The molecule has 0 aromatic heterocycles. The number of anilines is 1. The zero-order chi connectivity index (χ0) is 15.6. The van der Waals surface area contributed by atoms with E-state index in [2.05, 4.69) is 20.7 Å². The molecule has 0 spiro atoms. The molecule has 0 heterocycles. The van der Waals surface area contributed by atoms with Gasteiger partial charge in [-0.15, -0.1) is 0 Å². The van der Waals surface area contributed by atoms with Gasteiger partial charge in [-0.05, 0) is 59.1 Å². The van der Waals surface area contributed by atoms with Crippen LogP contribution in [-0.2, 0) is 10.0 Å². The normalized spacial score (nSPS) is 11.0. The molecule has 0 amide bonds. The predicted octanol–water partition coefficient (Wildman–Crippen LogP) is 3.74. The molecule has 0 saturated carbocycles. The zero-order valence-electron chi connectivity index (χ0n) is 11.5. The number of hydrogen-bond donors (Lipinski definition) is 1. The fourth-order valence-corrected chi connectivity index (χ4v) is 4.24. The molecule has 0 bridgehead atoms. The molecule has 6 heteroatoms. The van der Waals surface area contributed by atoms with E-state index in [1.54, 1.807) is 12.1 Å². The highest BCUT2D eigenvalue weighted by Crippen LogP contribution is 2.30. The summed E-state index contributed by atoms with van der Waals surface area (Å²) >= 11 is 3.37. The number of benzene rings is 2. The van der Waals surface area contributed by atoms with Gasteiger partial charge < -0.3 is 0 Å². The minimum Gasteiger partial charge on any atom is -0.278 e. The van der Waals surface area contributed by atoms with E-state index in [-0.39, 0.29) is 10.5 Å². The lowest BCUT2D eigenvalue weighted by atomic mass is 10.1. The van der Waals surface area contributed by atoms with Crippen LogP contribution in [0.1, 0.15) is 16.7 Å². The fourth-order valence-electron chi connectivity index (χ4n) is 2.03. The van der Waals surface area contributed by atoms with Crippen molar-refractivity contribution in [3.8, 4) is 6.07 Å². The summed E-state index contributed by atoms with van der Waals surface area (Å²) in [6, 6.07) is 11.7. The SMILES string of the molecule is Cc1cc(C)c(NS(=O)(=O)c2ccccc2C#N)c(Br)c1. The molecule has 0 atom stereocenters. The highest BCUT2D eigenvalue weighted by Gasteiger charge is 2.20. The van der Waals surface area contributed by atoms with Gasteiger partial charge in [0.15, 0.2) is 0 Å². The monoisotopic (exact) mass is 364 g/mol. The summed E-state index contributed by atoms with van der Waals surface area (Å²) in [5.74, 6) is 0. The molecule has 0 aliphatic rings. The second-order valence-electron chi connectivity index (χ2n) is 4.65. The molecule has 0 saturated heterocycles. The van der Waals surface area contributed by atoms with Crippen molar-refractivity contribution in [2.75, 3.05) is 4.72 Å². The van der Waals surface area contributed by atoms with Crippen molar-refractivity contribution in [1.82, 2.24) is 0 Å². The summed E-state index contributed by atoms with van der Waals surface area (Å²) in [5.41, 5.74) is 2.43. The van der Waals surface area contributed by atoms with Crippen LogP contribution in [0.2, 0.25) is 0 Å². The van der Waals surface area contributed by atoms with Crippen LogP contribution in [0.15, 0.2) is 45.8 Å². The second kappa shape index (κ2) is 5.88. The third-order valence-electron chi connectivity index (χ3n) is 2.97. The van der Waals surface area contributed by atoms with Crippen molar-refractivity contribution in [2.45, 2.75) is 18.7 Å². The highest BCUT2D eigenvalue weighted by molar-refractivity contribution is 9.10. The number of halogens is 1. The van der Waals surface area contributed by atoms with Crippen molar-refractivity contribution < 1.29 is 8.42 Å². The van der Waals surface area contributed by atoms with Crippen molar-refractivity contribution in [1.29, 1.82) is 5.26 Å². The topological polar surface area (TPSA) is 70.0 Å². The Morgan fingerprint density at radius 1 is 1.19 bits per heavy atom. The minimum absolute atomic E-state index is 0.0284. The Kier molecular flexibility index (Phi) is 4.35. The standard InChI is InChI=1S/C15H13BrN2O2S/c1-10-7-11(2)15(13(16)8-10)18-21(19,20)14-6-4-3-5-12(14)9-17/h3-8,18H,1-2H3. The van der Waals surface area contributed by atoms with Crippen LogP contribution in [0, 0.1) is 25.2 Å². The Labute approximate surface area is 132 Å². The van der Waals surface area contributed by atoms with Crippen molar-refractivity contribution in [3.63, 3.8) is 0 Å². The van der Waals surface area contributed by atoms with Crippen molar-refractivity contribution >= 4 is 31.6 Å².